The smallest absolute Gasteiger partial charge is 0.219 e. The van der Waals surface area contributed by atoms with Gasteiger partial charge in [0.1, 0.15) is 11.5 Å². The molecule has 19 heavy (non-hydrogen) atoms. The van der Waals surface area contributed by atoms with E-state index in [4.69, 9.17) is 15.2 Å². The van der Waals surface area contributed by atoms with Gasteiger partial charge in [0.05, 0.1) is 6.61 Å². The van der Waals surface area contributed by atoms with Crippen LogP contribution >= 0.6 is 0 Å². The fraction of sp³-hybridized carbons (Fsp3) is 0.267. The number of pyridine rings is 1. The lowest BCUT2D eigenvalue weighted by Gasteiger charge is -2.08. The maximum absolute atomic E-state index is 5.77. The van der Waals surface area contributed by atoms with E-state index in [2.05, 4.69) is 4.98 Å². The molecule has 0 aliphatic heterocycles. The molecule has 0 aliphatic carbocycles. The molecule has 100 valence electrons. The lowest BCUT2D eigenvalue weighted by atomic mass is 10.2. The number of hydrogen-bond donors (Lipinski definition) is 1. The highest BCUT2D eigenvalue weighted by molar-refractivity contribution is 5.34. The van der Waals surface area contributed by atoms with Crippen LogP contribution in [0.3, 0.4) is 0 Å². The minimum Gasteiger partial charge on any atom is -0.494 e. The number of aromatic nitrogens is 1. The molecule has 2 N–H and O–H groups in total. The summed E-state index contributed by atoms with van der Waals surface area (Å²) in [5, 5.41) is 0. The zero-order valence-corrected chi connectivity index (χ0v) is 11.2. The predicted octanol–water partition coefficient (Wildman–Crippen LogP) is 3.29. The molecule has 1 atom stereocenters. The third-order valence-electron chi connectivity index (χ3n) is 2.64. The van der Waals surface area contributed by atoms with Gasteiger partial charge in [0, 0.05) is 18.3 Å². The summed E-state index contributed by atoms with van der Waals surface area (Å²) in [5.41, 5.74) is 6.75. The van der Waals surface area contributed by atoms with E-state index in [-0.39, 0.29) is 6.04 Å². The van der Waals surface area contributed by atoms with Crippen LogP contribution in [0.1, 0.15) is 25.5 Å². The van der Waals surface area contributed by atoms with Crippen LogP contribution in [0, 0.1) is 0 Å². The Bertz CT molecular complexity index is 507. The van der Waals surface area contributed by atoms with E-state index in [9.17, 15) is 0 Å². The number of nitrogens with zero attached hydrogens (tertiary/aromatic N) is 1. The third-order valence-corrected chi connectivity index (χ3v) is 2.64. The van der Waals surface area contributed by atoms with Crippen molar-refractivity contribution in [3.8, 4) is 17.4 Å². The Hall–Kier alpha value is -2.07. The van der Waals surface area contributed by atoms with Crippen LogP contribution in [0.4, 0.5) is 0 Å². The Morgan fingerprint density at radius 3 is 2.32 bits per heavy atom. The average Bonchev–Trinajstić information content (AvgIpc) is 2.42. The van der Waals surface area contributed by atoms with Crippen LogP contribution in [0.15, 0.2) is 42.6 Å². The first kappa shape index (κ1) is 13.4. The summed E-state index contributed by atoms with van der Waals surface area (Å²) >= 11 is 0. The van der Waals surface area contributed by atoms with Crippen molar-refractivity contribution >= 4 is 0 Å². The maximum Gasteiger partial charge on any atom is 0.219 e. The molecule has 0 bridgehead atoms. The first-order valence-corrected chi connectivity index (χ1v) is 6.31. The number of ether oxygens (including phenoxy) is 2. The first-order valence-electron chi connectivity index (χ1n) is 6.31. The lowest BCUT2D eigenvalue weighted by molar-refractivity contribution is 0.339. The van der Waals surface area contributed by atoms with E-state index in [1.54, 1.807) is 6.20 Å². The van der Waals surface area contributed by atoms with Gasteiger partial charge in [0.25, 0.3) is 0 Å². The molecule has 2 aromatic rings. The van der Waals surface area contributed by atoms with Crippen LogP contribution in [0.25, 0.3) is 0 Å². The Morgan fingerprint density at radius 1 is 1.11 bits per heavy atom. The van der Waals surface area contributed by atoms with E-state index in [1.165, 1.54) is 0 Å². The second-order valence-corrected chi connectivity index (χ2v) is 4.22. The highest BCUT2D eigenvalue weighted by Crippen LogP contribution is 2.23. The maximum atomic E-state index is 5.77. The van der Waals surface area contributed by atoms with Gasteiger partial charge in [0.2, 0.25) is 5.88 Å². The van der Waals surface area contributed by atoms with Gasteiger partial charge >= 0.3 is 0 Å². The molecular weight excluding hydrogens is 240 g/mol. The van der Waals surface area contributed by atoms with Gasteiger partial charge in [0.15, 0.2) is 0 Å². The fourth-order valence-electron chi connectivity index (χ4n) is 1.61. The summed E-state index contributed by atoms with van der Waals surface area (Å²) in [5.74, 6) is 2.10. The molecule has 1 aromatic carbocycles. The van der Waals surface area contributed by atoms with Crippen molar-refractivity contribution in [3.63, 3.8) is 0 Å². The molecule has 4 nitrogen and oxygen atoms in total. The zero-order chi connectivity index (χ0) is 13.7. The SMILES string of the molecule is CCOc1ccc(Oc2ccc([C@@H](C)N)cn2)cc1. The van der Waals surface area contributed by atoms with Crippen LogP contribution in [0.5, 0.6) is 17.4 Å². The third kappa shape index (κ3) is 3.69. The summed E-state index contributed by atoms with van der Waals surface area (Å²) in [6.45, 7) is 4.53. The Labute approximate surface area is 113 Å². The molecular formula is C15H18N2O2. The molecule has 1 heterocycles. The molecule has 0 unspecified atom stereocenters. The summed E-state index contributed by atoms with van der Waals surface area (Å²) in [6, 6.07) is 11.2. The molecule has 0 radical (unpaired) electrons. The minimum absolute atomic E-state index is 0.0213. The van der Waals surface area contributed by atoms with Gasteiger partial charge in [-0.05, 0) is 43.7 Å². The second-order valence-electron chi connectivity index (χ2n) is 4.22. The zero-order valence-electron chi connectivity index (χ0n) is 11.2. The van der Waals surface area contributed by atoms with Crippen molar-refractivity contribution in [1.29, 1.82) is 0 Å². The van der Waals surface area contributed by atoms with Gasteiger partial charge in [-0.15, -0.1) is 0 Å². The van der Waals surface area contributed by atoms with E-state index in [0.29, 0.717) is 12.5 Å². The minimum atomic E-state index is -0.0213. The molecule has 4 heteroatoms. The largest absolute Gasteiger partial charge is 0.494 e. The van der Waals surface area contributed by atoms with Crippen LogP contribution in [-0.2, 0) is 0 Å². The topological polar surface area (TPSA) is 57.4 Å². The van der Waals surface area contributed by atoms with Crippen molar-refractivity contribution in [2.24, 2.45) is 5.73 Å². The van der Waals surface area contributed by atoms with Crippen LogP contribution in [-0.4, -0.2) is 11.6 Å². The van der Waals surface area contributed by atoms with Crippen molar-refractivity contribution in [1.82, 2.24) is 4.98 Å². The number of nitrogens with two attached hydrogens (primary N) is 1. The average molecular weight is 258 g/mol. The Kier molecular flexibility index (Phi) is 4.36. The summed E-state index contributed by atoms with van der Waals surface area (Å²) in [4.78, 5) is 4.22. The molecule has 0 saturated heterocycles. The highest BCUT2D eigenvalue weighted by atomic mass is 16.5. The molecule has 0 amide bonds. The van der Waals surface area contributed by atoms with Crippen LogP contribution in [0.2, 0.25) is 0 Å². The second kappa shape index (κ2) is 6.20. The van der Waals surface area contributed by atoms with Crippen molar-refractivity contribution in [3.05, 3.63) is 48.2 Å². The van der Waals surface area contributed by atoms with E-state index in [1.807, 2.05) is 50.2 Å². The van der Waals surface area contributed by atoms with Crippen molar-refractivity contribution in [2.45, 2.75) is 19.9 Å². The first-order chi connectivity index (χ1) is 9.19. The predicted molar refractivity (Wildman–Crippen MR) is 74.5 cm³/mol. The number of benzene rings is 1. The van der Waals surface area contributed by atoms with E-state index >= 15 is 0 Å². The summed E-state index contributed by atoms with van der Waals surface area (Å²) in [6.07, 6.45) is 1.73. The molecule has 1 aromatic heterocycles. The van der Waals surface area contributed by atoms with Gasteiger partial charge in [-0.3, -0.25) is 0 Å². The highest BCUT2D eigenvalue weighted by Gasteiger charge is 2.02. The summed E-state index contributed by atoms with van der Waals surface area (Å²) < 4.78 is 11.0. The van der Waals surface area contributed by atoms with Gasteiger partial charge in [-0.2, -0.15) is 0 Å². The molecule has 0 saturated carbocycles. The van der Waals surface area contributed by atoms with Crippen molar-refractivity contribution in [2.75, 3.05) is 6.61 Å². The molecule has 0 fully saturated rings. The van der Waals surface area contributed by atoms with Crippen LogP contribution < -0.4 is 15.2 Å². The summed E-state index contributed by atoms with van der Waals surface area (Å²) in [7, 11) is 0. The molecule has 0 spiro atoms. The normalized spacial score (nSPS) is 11.9. The Balaban J connectivity index is 2.04. The standard InChI is InChI=1S/C15H18N2O2/c1-3-18-13-5-7-14(8-6-13)19-15-9-4-12(10-17-15)11(2)16/h4-11H,3,16H2,1-2H3/t11-/m1/s1. The van der Waals surface area contributed by atoms with Gasteiger partial charge in [-0.25, -0.2) is 4.98 Å². The quantitative estimate of drug-likeness (QED) is 0.894. The van der Waals surface area contributed by atoms with Gasteiger partial charge in [-0.1, -0.05) is 6.07 Å². The monoisotopic (exact) mass is 258 g/mol. The lowest BCUT2D eigenvalue weighted by Crippen LogP contribution is -2.05. The fourth-order valence-corrected chi connectivity index (χ4v) is 1.61. The molecule has 0 aliphatic rings. The Morgan fingerprint density at radius 2 is 1.79 bits per heavy atom. The number of hydrogen-bond acceptors (Lipinski definition) is 4. The van der Waals surface area contributed by atoms with E-state index < -0.39 is 0 Å². The van der Waals surface area contributed by atoms with Gasteiger partial charge < -0.3 is 15.2 Å². The van der Waals surface area contributed by atoms with Crippen molar-refractivity contribution < 1.29 is 9.47 Å². The van der Waals surface area contributed by atoms with E-state index in [0.717, 1.165) is 17.1 Å². The number of rotatable bonds is 5. The molecule has 2 rings (SSSR count).